The maximum Gasteiger partial charge on any atom is 0.203 e. The van der Waals surface area contributed by atoms with Crippen molar-refractivity contribution in [2.45, 2.75) is 19.4 Å². The highest BCUT2D eigenvalue weighted by Gasteiger charge is 2.11. The van der Waals surface area contributed by atoms with Crippen molar-refractivity contribution >= 4 is 11.3 Å². The van der Waals surface area contributed by atoms with Crippen LogP contribution >= 0.6 is 11.3 Å². The van der Waals surface area contributed by atoms with Crippen molar-refractivity contribution in [3.8, 4) is 17.2 Å². The largest absolute Gasteiger partial charge is 0.493 e. The zero-order valence-corrected chi connectivity index (χ0v) is 13.0. The lowest BCUT2D eigenvalue weighted by atomic mass is 10.3. The Morgan fingerprint density at radius 2 is 1.90 bits per heavy atom. The summed E-state index contributed by atoms with van der Waals surface area (Å²) in [4.78, 5) is 4.30. The number of aryl methyl sites for hydroxylation is 1. The Bertz CT molecular complexity index is 548. The molecule has 0 saturated carbocycles. The first kappa shape index (κ1) is 15.6. The normalized spacial score (nSPS) is 10.4. The molecule has 0 saturated heterocycles. The van der Waals surface area contributed by atoms with E-state index in [1.54, 1.807) is 25.6 Å². The fourth-order valence-corrected chi connectivity index (χ4v) is 2.72. The molecule has 0 spiro atoms. The van der Waals surface area contributed by atoms with Crippen LogP contribution in [0, 0.1) is 0 Å². The second-order valence-electron chi connectivity index (χ2n) is 4.33. The number of aromatic nitrogens is 1. The molecule has 21 heavy (non-hydrogen) atoms. The second kappa shape index (κ2) is 7.85. The van der Waals surface area contributed by atoms with Gasteiger partial charge in [-0.2, -0.15) is 0 Å². The maximum atomic E-state index is 8.98. The summed E-state index contributed by atoms with van der Waals surface area (Å²) >= 11 is 1.56. The highest BCUT2D eigenvalue weighted by molar-refractivity contribution is 7.09. The maximum absolute atomic E-state index is 8.98. The number of ether oxygens (including phenoxy) is 3. The van der Waals surface area contributed by atoms with Crippen LogP contribution in [0.3, 0.4) is 0 Å². The molecular formula is C15H19NO4S. The Labute approximate surface area is 128 Å². The SMILES string of the molecule is COc1cccc(OC)c1OCCCc1nc(CO)cs1. The van der Waals surface area contributed by atoms with E-state index in [1.165, 1.54) is 0 Å². The Morgan fingerprint density at radius 1 is 1.19 bits per heavy atom. The summed E-state index contributed by atoms with van der Waals surface area (Å²) in [6.45, 7) is 0.538. The molecular weight excluding hydrogens is 290 g/mol. The van der Waals surface area contributed by atoms with Gasteiger partial charge in [0.15, 0.2) is 11.5 Å². The molecule has 1 N–H and O–H groups in total. The molecule has 6 heteroatoms. The molecule has 0 unspecified atom stereocenters. The van der Waals surface area contributed by atoms with Crippen LogP contribution in [-0.2, 0) is 13.0 Å². The first-order valence-electron chi connectivity index (χ1n) is 6.66. The zero-order chi connectivity index (χ0) is 15.1. The molecule has 1 heterocycles. The third-order valence-electron chi connectivity index (χ3n) is 2.93. The minimum Gasteiger partial charge on any atom is -0.493 e. The summed E-state index contributed by atoms with van der Waals surface area (Å²) in [5.41, 5.74) is 0.724. The predicted molar refractivity (Wildman–Crippen MR) is 81.4 cm³/mol. The Kier molecular flexibility index (Phi) is 5.83. The van der Waals surface area contributed by atoms with E-state index in [0.29, 0.717) is 23.9 Å². The number of aliphatic hydroxyl groups excluding tert-OH is 1. The molecule has 2 rings (SSSR count). The van der Waals surface area contributed by atoms with Crippen LogP contribution in [-0.4, -0.2) is 30.9 Å². The number of aliphatic hydroxyl groups is 1. The van der Waals surface area contributed by atoms with Gasteiger partial charge in [0, 0.05) is 11.8 Å². The predicted octanol–water partition coefficient (Wildman–Crippen LogP) is 2.66. The lowest BCUT2D eigenvalue weighted by Crippen LogP contribution is -2.02. The van der Waals surface area contributed by atoms with Gasteiger partial charge in [-0.25, -0.2) is 4.98 Å². The minimum absolute atomic E-state index is 0.00852. The van der Waals surface area contributed by atoms with Gasteiger partial charge in [0.2, 0.25) is 5.75 Å². The summed E-state index contributed by atoms with van der Waals surface area (Å²) in [5.74, 6) is 1.94. The lowest BCUT2D eigenvalue weighted by molar-refractivity contribution is 0.270. The van der Waals surface area contributed by atoms with E-state index in [1.807, 2.05) is 23.6 Å². The van der Waals surface area contributed by atoms with Crippen molar-refractivity contribution in [2.75, 3.05) is 20.8 Å². The van der Waals surface area contributed by atoms with Crippen LogP contribution in [0.15, 0.2) is 23.6 Å². The summed E-state index contributed by atoms with van der Waals surface area (Å²) in [6.07, 6.45) is 1.65. The topological polar surface area (TPSA) is 60.8 Å². The van der Waals surface area contributed by atoms with E-state index in [0.717, 1.165) is 23.5 Å². The van der Waals surface area contributed by atoms with E-state index >= 15 is 0 Å². The number of hydrogen-bond acceptors (Lipinski definition) is 6. The van der Waals surface area contributed by atoms with Gasteiger partial charge in [0.05, 0.1) is 38.1 Å². The molecule has 0 bridgehead atoms. The second-order valence-corrected chi connectivity index (χ2v) is 5.28. The Balaban J connectivity index is 1.88. The smallest absolute Gasteiger partial charge is 0.203 e. The molecule has 1 aromatic heterocycles. The standard InChI is InChI=1S/C15H19NO4S/c1-18-12-5-3-6-13(19-2)15(12)20-8-4-7-14-16-11(9-17)10-21-14/h3,5-6,10,17H,4,7-9H2,1-2H3. The summed E-state index contributed by atoms with van der Waals surface area (Å²) in [7, 11) is 3.21. The van der Waals surface area contributed by atoms with Gasteiger partial charge in [-0.3, -0.25) is 0 Å². The molecule has 0 atom stereocenters. The lowest BCUT2D eigenvalue weighted by Gasteiger charge is -2.13. The highest BCUT2D eigenvalue weighted by Crippen LogP contribution is 2.36. The Morgan fingerprint density at radius 3 is 2.48 bits per heavy atom. The number of para-hydroxylation sites is 1. The van der Waals surface area contributed by atoms with Gasteiger partial charge in [-0.1, -0.05) is 6.07 Å². The molecule has 0 amide bonds. The van der Waals surface area contributed by atoms with Crippen LogP contribution in [0.4, 0.5) is 0 Å². The monoisotopic (exact) mass is 309 g/mol. The molecule has 0 aliphatic carbocycles. The number of rotatable bonds is 8. The van der Waals surface area contributed by atoms with Gasteiger partial charge in [0.25, 0.3) is 0 Å². The molecule has 0 aliphatic rings. The number of benzene rings is 1. The van der Waals surface area contributed by atoms with E-state index < -0.39 is 0 Å². The third kappa shape index (κ3) is 4.09. The first-order chi connectivity index (χ1) is 10.3. The first-order valence-corrected chi connectivity index (χ1v) is 7.54. The number of thiazole rings is 1. The number of methoxy groups -OCH3 is 2. The highest BCUT2D eigenvalue weighted by atomic mass is 32.1. The molecule has 0 fully saturated rings. The van der Waals surface area contributed by atoms with Crippen molar-refractivity contribution in [3.05, 3.63) is 34.3 Å². The van der Waals surface area contributed by atoms with Gasteiger partial charge >= 0.3 is 0 Å². The third-order valence-corrected chi connectivity index (χ3v) is 3.88. The molecule has 5 nitrogen and oxygen atoms in total. The van der Waals surface area contributed by atoms with Crippen molar-refractivity contribution in [2.24, 2.45) is 0 Å². The molecule has 1 aromatic carbocycles. The minimum atomic E-state index is -0.00852. The van der Waals surface area contributed by atoms with E-state index in [4.69, 9.17) is 19.3 Å². The number of nitrogens with zero attached hydrogens (tertiary/aromatic N) is 1. The van der Waals surface area contributed by atoms with Crippen LogP contribution in [0.1, 0.15) is 17.1 Å². The van der Waals surface area contributed by atoms with Crippen LogP contribution < -0.4 is 14.2 Å². The van der Waals surface area contributed by atoms with E-state index in [-0.39, 0.29) is 6.61 Å². The van der Waals surface area contributed by atoms with Gasteiger partial charge < -0.3 is 19.3 Å². The van der Waals surface area contributed by atoms with Crippen molar-refractivity contribution in [3.63, 3.8) is 0 Å². The van der Waals surface area contributed by atoms with Gasteiger partial charge in [-0.05, 0) is 18.6 Å². The molecule has 0 aliphatic heterocycles. The van der Waals surface area contributed by atoms with Gasteiger partial charge in [-0.15, -0.1) is 11.3 Å². The quantitative estimate of drug-likeness (QED) is 0.760. The van der Waals surface area contributed by atoms with Gasteiger partial charge in [0.1, 0.15) is 0 Å². The average Bonchev–Trinajstić information content (AvgIpc) is 2.99. The summed E-state index contributed by atoms with van der Waals surface area (Å²) in [6, 6.07) is 5.54. The summed E-state index contributed by atoms with van der Waals surface area (Å²) in [5, 5.41) is 11.9. The van der Waals surface area contributed by atoms with Crippen molar-refractivity contribution in [1.29, 1.82) is 0 Å². The Hall–Kier alpha value is -1.79. The number of hydrogen-bond donors (Lipinski definition) is 1. The fourth-order valence-electron chi connectivity index (χ4n) is 1.89. The molecule has 2 aromatic rings. The summed E-state index contributed by atoms with van der Waals surface area (Å²) < 4.78 is 16.3. The van der Waals surface area contributed by atoms with Crippen LogP contribution in [0.25, 0.3) is 0 Å². The molecule has 0 radical (unpaired) electrons. The fraction of sp³-hybridized carbons (Fsp3) is 0.400. The van der Waals surface area contributed by atoms with E-state index in [9.17, 15) is 0 Å². The van der Waals surface area contributed by atoms with Crippen molar-refractivity contribution in [1.82, 2.24) is 4.98 Å². The molecule has 114 valence electrons. The average molecular weight is 309 g/mol. The van der Waals surface area contributed by atoms with Crippen LogP contribution in [0.2, 0.25) is 0 Å². The zero-order valence-electron chi connectivity index (χ0n) is 12.2. The van der Waals surface area contributed by atoms with Crippen molar-refractivity contribution < 1.29 is 19.3 Å². The van der Waals surface area contributed by atoms with Crippen LogP contribution in [0.5, 0.6) is 17.2 Å². The van der Waals surface area contributed by atoms with E-state index in [2.05, 4.69) is 4.98 Å².